The van der Waals surface area contributed by atoms with Gasteiger partial charge in [0.1, 0.15) is 12.3 Å². The van der Waals surface area contributed by atoms with Crippen molar-refractivity contribution in [3.8, 4) is 0 Å². The van der Waals surface area contributed by atoms with E-state index in [0.717, 1.165) is 4.90 Å². The monoisotopic (exact) mass is 461 g/mol. The molecule has 4 rings (SSSR count). The van der Waals surface area contributed by atoms with Crippen LogP contribution in [0.5, 0.6) is 0 Å². The van der Waals surface area contributed by atoms with Crippen molar-refractivity contribution in [2.24, 2.45) is 0 Å². The third-order valence-electron chi connectivity index (χ3n) is 5.44. The zero-order valence-corrected chi connectivity index (χ0v) is 18.4. The van der Waals surface area contributed by atoms with Crippen molar-refractivity contribution in [3.05, 3.63) is 52.9 Å². The first-order valence-electron chi connectivity index (χ1n) is 10.1. The molecular weight excluding hydrogens is 438 g/mol. The van der Waals surface area contributed by atoms with Gasteiger partial charge in [-0.1, -0.05) is 17.3 Å². The largest absolute Gasteiger partial charge is 0.361 e. The van der Waals surface area contributed by atoms with Crippen molar-refractivity contribution < 1.29 is 23.7 Å². The summed E-state index contributed by atoms with van der Waals surface area (Å²) in [4.78, 5) is 54.1. The van der Waals surface area contributed by atoms with Gasteiger partial charge in [0, 0.05) is 45.3 Å². The third-order valence-corrected chi connectivity index (χ3v) is 5.44. The number of halogens is 1. The van der Waals surface area contributed by atoms with Crippen molar-refractivity contribution in [1.29, 1.82) is 0 Å². The Balaban J connectivity index is 0.00000289. The van der Waals surface area contributed by atoms with E-state index in [1.165, 1.54) is 0 Å². The highest BCUT2D eigenvalue weighted by Crippen LogP contribution is 2.21. The first-order valence-corrected chi connectivity index (χ1v) is 10.1. The second kappa shape index (κ2) is 9.92. The van der Waals surface area contributed by atoms with Gasteiger partial charge in [-0.2, -0.15) is 0 Å². The van der Waals surface area contributed by atoms with Gasteiger partial charge in [0.25, 0.3) is 17.7 Å². The number of benzene rings is 1. The summed E-state index contributed by atoms with van der Waals surface area (Å²) in [5.74, 6) is -0.827. The maximum atomic E-state index is 12.4. The molecule has 0 atom stereocenters. The van der Waals surface area contributed by atoms with Crippen LogP contribution >= 0.6 is 12.4 Å². The number of amides is 4. The van der Waals surface area contributed by atoms with Crippen LogP contribution in [0.15, 0.2) is 34.9 Å². The molecular formula is C21H24ClN5O5. The quantitative estimate of drug-likeness (QED) is 0.625. The summed E-state index contributed by atoms with van der Waals surface area (Å²) >= 11 is 0. The molecule has 0 unspecified atom stereocenters. The fourth-order valence-electron chi connectivity index (χ4n) is 3.74. The van der Waals surface area contributed by atoms with Gasteiger partial charge in [-0.05, 0) is 19.1 Å². The Kier molecular flexibility index (Phi) is 7.26. The fraction of sp³-hybridized carbons (Fsp3) is 0.381. The van der Waals surface area contributed by atoms with Crippen LogP contribution < -0.4 is 5.32 Å². The maximum absolute atomic E-state index is 12.4. The van der Waals surface area contributed by atoms with Crippen LogP contribution in [0.4, 0.5) is 0 Å². The molecule has 2 aliphatic heterocycles. The molecule has 0 bridgehead atoms. The molecule has 4 amide bonds. The molecule has 10 nitrogen and oxygen atoms in total. The number of fused-ring (bicyclic) bond motifs is 1. The normalized spacial score (nSPS) is 16.0. The van der Waals surface area contributed by atoms with Crippen LogP contribution in [0.2, 0.25) is 0 Å². The number of piperazine rings is 1. The molecule has 2 aromatic rings. The topological polar surface area (TPSA) is 116 Å². The summed E-state index contributed by atoms with van der Waals surface area (Å²) in [5, 5.41) is 6.52. The predicted octanol–water partition coefficient (Wildman–Crippen LogP) is 0.575. The number of hydrogen-bond donors (Lipinski definition) is 1. The van der Waals surface area contributed by atoms with Crippen LogP contribution in [0.3, 0.4) is 0 Å². The molecule has 1 aromatic carbocycles. The molecule has 170 valence electrons. The van der Waals surface area contributed by atoms with E-state index in [1.54, 1.807) is 42.2 Å². The lowest BCUT2D eigenvalue weighted by molar-refractivity contribution is -0.121. The number of rotatable bonds is 6. The van der Waals surface area contributed by atoms with Crippen LogP contribution in [0.1, 0.15) is 37.0 Å². The molecule has 0 radical (unpaired) electrons. The van der Waals surface area contributed by atoms with Gasteiger partial charge in [0.15, 0.2) is 5.69 Å². The van der Waals surface area contributed by atoms with Gasteiger partial charge in [-0.3, -0.25) is 29.0 Å². The van der Waals surface area contributed by atoms with E-state index in [4.69, 9.17) is 4.52 Å². The lowest BCUT2D eigenvalue weighted by atomic mass is 10.1. The van der Waals surface area contributed by atoms with E-state index in [1.807, 2.05) is 0 Å². The number of aromatic nitrogens is 1. The second-order valence-electron chi connectivity index (χ2n) is 7.55. The van der Waals surface area contributed by atoms with Gasteiger partial charge in [-0.15, -0.1) is 12.4 Å². The molecule has 1 aromatic heterocycles. The highest BCUT2D eigenvalue weighted by molar-refractivity contribution is 6.22. The van der Waals surface area contributed by atoms with E-state index in [-0.39, 0.29) is 30.8 Å². The predicted molar refractivity (Wildman–Crippen MR) is 116 cm³/mol. The van der Waals surface area contributed by atoms with Gasteiger partial charge >= 0.3 is 0 Å². The lowest BCUT2D eigenvalue weighted by Crippen LogP contribution is -2.50. The SMILES string of the molecule is Cc1cc(C(=O)N2CCN(CCNC(=O)CN3C(=O)c4ccccc4C3=O)CC2)no1.Cl. The fourth-order valence-corrected chi connectivity index (χ4v) is 3.74. The van der Waals surface area contributed by atoms with Crippen molar-refractivity contribution >= 4 is 36.0 Å². The van der Waals surface area contributed by atoms with Gasteiger partial charge in [-0.25, -0.2) is 0 Å². The number of imide groups is 1. The molecule has 32 heavy (non-hydrogen) atoms. The van der Waals surface area contributed by atoms with Gasteiger partial charge < -0.3 is 14.7 Å². The Bertz CT molecular complexity index is 996. The van der Waals surface area contributed by atoms with E-state index in [0.29, 0.717) is 61.8 Å². The Labute approximate surface area is 190 Å². The first-order chi connectivity index (χ1) is 14.9. The summed E-state index contributed by atoms with van der Waals surface area (Å²) in [5.41, 5.74) is 0.966. The Morgan fingerprint density at radius 2 is 1.69 bits per heavy atom. The highest BCUT2D eigenvalue weighted by Gasteiger charge is 2.36. The molecule has 11 heteroatoms. The molecule has 0 saturated carbocycles. The molecule has 1 N–H and O–H groups in total. The summed E-state index contributed by atoms with van der Waals surface area (Å²) < 4.78 is 4.96. The maximum Gasteiger partial charge on any atom is 0.276 e. The van der Waals surface area contributed by atoms with Gasteiger partial charge in [0.05, 0.1) is 11.1 Å². The smallest absolute Gasteiger partial charge is 0.276 e. The number of aryl methyl sites for hydroxylation is 1. The Morgan fingerprint density at radius 3 is 2.25 bits per heavy atom. The highest BCUT2D eigenvalue weighted by atomic mass is 35.5. The second-order valence-corrected chi connectivity index (χ2v) is 7.55. The number of hydrogen-bond acceptors (Lipinski definition) is 7. The summed E-state index contributed by atoms with van der Waals surface area (Å²) in [6.45, 7) is 4.92. The number of carbonyl (C=O) groups excluding carboxylic acids is 4. The minimum atomic E-state index is -0.446. The molecule has 3 heterocycles. The van der Waals surface area contributed by atoms with Crippen molar-refractivity contribution in [1.82, 2.24) is 25.2 Å². The van der Waals surface area contributed by atoms with Gasteiger partial charge in [0.2, 0.25) is 5.91 Å². The van der Waals surface area contributed by atoms with E-state index >= 15 is 0 Å². The molecule has 0 spiro atoms. The number of carbonyl (C=O) groups is 4. The van der Waals surface area contributed by atoms with Crippen LogP contribution in [0.25, 0.3) is 0 Å². The zero-order chi connectivity index (χ0) is 22.0. The van der Waals surface area contributed by atoms with Crippen molar-refractivity contribution in [2.45, 2.75) is 6.92 Å². The third kappa shape index (κ3) is 4.81. The average Bonchev–Trinajstić information content (AvgIpc) is 3.31. The minimum Gasteiger partial charge on any atom is -0.361 e. The molecule has 1 fully saturated rings. The van der Waals surface area contributed by atoms with E-state index in [9.17, 15) is 19.2 Å². The molecule has 2 aliphatic rings. The Morgan fingerprint density at radius 1 is 1.06 bits per heavy atom. The Hall–Kier alpha value is -3.24. The molecule has 1 saturated heterocycles. The van der Waals surface area contributed by atoms with E-state index < -0.39 is 11.8 Å². The molecule has 0 aliphatic carbocycles. The first kappa shape index (κ1) is 23.4. The summed E-state index contributed by atoms with van der Waals surface area (Å²) in [7, 11) is 0. The zero-order valence-electron chi connectivity index (χ0n) is 17.6. The summed E-state index contributed by atoms with van der Waals surface area (Å²) in [6.07, 6.45) is 0. The lowest BCUT2D eigenvalue weighted by Gasteiger charge is -2.34. The van der Waals surface area contributed by atoms with E-state index in [2.05, 4.69) is 15.4 Å². The minimum absolute atomic E-state index is 0. The summed E-state index contributed by atoms with van der Waals surface area (Å²) in [6, 6.07) is 8.17. The van der Waals surface area contributed by atoms with Crippen LogP contribution in [0, 0.1) is 6.92 Å². The standard InChI is InChI=1S/C21H23N5O5.ClH/c1-14-12-17(23-31-14)21(30)25-10-8-24(9-11-25)7-6-22-18(27)13-26-19(28)15-4-2-3-5-16(15)20(26)29;/h2-5,12H,6-11,13H2,1H3,(H,22,27);1H. The van der Waals surface area contributed by atoms with Crippen molar-refractivity contribution in [2.75, 3.05) is 45.8 Å². The van der Waals surface area contributed by atoms with Crippen LogP contribution in [-0.2, 0) is 4.79 Å². The van der Waals surface area contributed by atoms with Crippen LogP contribution in [-0.4, -0.2) is 89.3 Å². The number of nitrogens with one attached hydrogen (secondary N) is 1. The van der Waals surface area contributed by atoms with Crippen molar-refractivity contribution in [3.63, 3.8) is 0 Å². The number of nitrogens with zero attached hydrogens (tertiary/aromatic N) is 4. The average molecular weight is 462 g/mol.